The molecule has 1 amide bonds. The van der Waals surface area contributed by atoms with E-state index < -0.39 is 0 Å². The summed E-state index contributed by atoms with van der Waals surface area (Å²) in [6.07, 6.45) is 1.69. The standard InChI is InChI=1S/C15H20N2O2/c1-9-11(3-2-4-13(9)16)15(19)17-7-10-5-6-14(18)12(10)8-17/h2-4,10,12,14,18H,5-8,16H2,1H3. The van der Waals surface area contributed by atoms with E-state index in [-0.39, 0.29) is 17.9 Å². The van der Waals surface area contributed by atoms with Crippen molar-refractivity contribution in [2.75, 3.05) is 18.8 Å². The van der Waals surface area contributed by atoms with Crippen LogP contribution < -0.4 is 5.73 Å². The van der Waals surface area contributed by atoms with Crippen LogP contribution >= 0.6 is 0 Å². The first-order chi connectivity index (χ1) is 9.08. The Morgan fingerprint density at radius 3 is 2.89 bits per heavy atom. The zero-order valence-electron chi connectivity index (χ0n) is 11.2. The van der Waals surface area contributed by atoms with E-state index in [4.69, 9.17) is 5.73 Å². The molecule has 2 aliphatic rings. The van der Waals surface area contributed by atoms with E-state index >= 15 is 0 Å². The number of benzene rings is 1. The number of amides is 1. The first-order valence-electron chi connectivity index (χ1n) is 6.90. The van der Waals surface area contributed by atoms with Crippen LogP contribution in [0.25, 0.3) is 0 Å². The fraction of sp³-hybridized carbons (Fsp3) is 0.533. The van der Waals surface area contributed by atoms with Crippen molar-refractivity contribution >= 4 is 11.6 Å². The zero-order chi connectivity index (χ0) is 13.6. The molecule has 4 heteroatoms. The number of nitrogens with zero attached hydrogens (tertiary/aromatic N) is 1. The normalized spacial score (nSPS) is 29.6. The number of rotatable bonds is 1. The Bertz CT molecular complexity index is 515. The van der Waals surface area contributed by atoms with Crippen LogP contribution in [0, 0.1) is 18.8 Å². The quantitative estimate of drug-likeness (QED) is 0.750. The zero-order valence-corrected chi connectivity index (χ0v) is 11.2. The molecule has 1 heterocycles. The number of nitrogens with two attached hydrogens (primary N) is 1. The Hall–Kier alpha value is -1.55. The summed E-state index contributed by atoms with van der Waals surface area (Å²) >= 11 is 0. The predicted molar refractivity (Wildman–Crippen MR) is 73.7 cm³/mol. The van der Waals surface area contributed by atoms with Gasteiger partial charge in [0.25, 0.3) is 5.91 Å². The number of likely N-dealkylation sites (tertiary alicyclic amines) is 1. The number of aliphatic hydroxyl groups excluding tert-OH is 1. The summed E-state index contributed by atoms with van der Waals surface area (Å²) in [6.45, 7) is 3.34. The van der Waals surface area contributed by atoms with Gasteiger partial charge in [-0.3, -0.25) is 4.79 Å². The van der Waals surface area contributed by atoms with Crippen LogP contribution in [0.3, 0.4) is 0 Å². The number of carbonyl (C=O) groups excluding carboxylic acids is 1. The van der Waals surface area contributed by atoms with E-state index in [0.29, 0.717) is 23.7 Å². The molecule has 102 valence electrons. The highest BCUT2D eigenvalue weighted by Crippen LogP contribution is 2.38. The summed E-state index contributed by atoms with van der Waals surface area (Å²) in [4.78, 5) is 14.4. The van der Waals surface area contributed by atoms with Crippen molar-refractivity contribution in [3.8, 4) is 0 Å². The Morgan fingerprint density at radius 1 is 1.37 bits per heavy atom. The molecule has 0 bridgehead atoms. The highest BCUT2D eigenvalue weighted by molar-refractivity contribution is 5.97. The van der Waals surface area contributed by atoms with E-state index in [1.807, 2.05) is 30.0 Å². The molecule has 1 aromatic carbocycles. The maximum absolute atomic E-state index is 12.5. The summed E-state index contributed by atoms with van der Waals surface area (Å²) in [5, 5.41) is 9.91. The molecule has 2 fully saturated rings. The minimum Gasteiger partial charge on any atom is -0.398 e. The van der Waals surface area contributed by atoms with Crippen LogP contribution in [0.15, 0.2) is 18.2 Å². The predicted octanol–water partition coefficient (Wildman–Crippen LogP) is 1.42. The molecule has 3 atom stereocenters. The molecule has 1 aliphatic carbocycles. The van der Waals surface area contributed by atoms with Crippen LogP contribution in [-0.4, -0.2) is 35.1 Å². The van der Waals surface area contributed by atoms with Gasteiger partial charge in [0.1, 0.15) is 0 Å². The molecule has 19 heavy (non-hydrogen) atoms. The SMILES string of the molecule is Cc1c(N)cccc1C(=O)N1CC2CCC(O)C2C1. The van der Waals surface area contributed by atoms with Crippen molar-refractivity contribution in [2.24, 2.45) is 11.8 Å². The fourth-order valence-corrected chi connectivity index (χ4v) is 3.46. The molecule has 0 radical (unpaired) electrons. The third kappa shape index (κ3) is 2.00. The Kier molecular flexibility index (Phi) is 2.97. The minimum absolute atomic E-state index is 0.0476. The minimum atomic E-state index is -0.232. The maximum atomic E-state index is 12.5. The van der Waals surface area contributed by atoms with Gasteiger partial charge in [-0.2, -0.15) is 0 Å². The van der Waals surface area contributed by atoms with Gasteiger partial charge >= 0.3 is 0 Å². The van der Waals surface area contributed by atoms with Crippen molar-refractivity contribution < 1.29 is 9.90 Å². The summed E-state index contributed by atoms with van der Waals surface area (Å²) in [6, 6.07) is 5.47. The van der Waals surface area contributed by atoms with Crippen molar-refractivity contribution in [2.45, 2.75) is 25.9 Å². The van der Waals surface area contributed by atoms with Crippen LogP contribution in [0.4, 0.5) is 5.69 Å². The van der Waals surface area contributed by atoms with Crippen LogP contribution in [-0.2, 0) is 0 Å². The number of carbonyl (C=O) groups is 1. The maximum Gasteiger partial charge on any atom is 0.254 e. The van der Waals surface area contributed by atoms with Crippen LogP contribution in [0.2, 0.25) is 0 Å². The summed E-state index contributed by atoms with van der Waals surface area (Å²) < 4.78 is 0. The lowest BCUT2D eigenvalue weighted by Crippen LogP contribution is -2.31. The average Bonchev–Trinajstić information content (AvgIpc) is 2.95. The van der Waals surface area contributed by atoms with E-state index in [1.165, 1.54) is 0 Å². The number of hydrogen-bond acceptors (Lipinski definition) is 3. The van der Waals surface area contributed by atoms with Gasteiger partial charge in [0.05, 0.1) is 6.10 Å². The Labute approximate surface area is 113 Å². The van der Waals surface area contributed by atoms with Gasteiger partial charge in [-0.05, 0) is 43.4 Å². The van der Waals surface area contributed by atoms with Crippen molar-refractivity contribution in [3.05, 3.63) is 29.3 Å². The highest BCUT2D eigenvalue weighted by atomic mass is 16.3. The summed E-state index contributed by atoms with van der Waals surface area (Å²) in [5.41, 5.74) is 8.06. The second-order valence-electron chi connectivity index (χ2n) is 5.80. The average molecular weight is 260 g/mol. The fourth-order valence-electron chi connectivity index (χ4n) is 3.46. The molecule has 1 aromatic rings. The van der Waals surface area contributed by atoms with E-state index in [9.17, 15) is 9.90 Å². The van der Waals surface area contributed by atoms with Crippen LogP contribution in [0.5, 0.6) is 0 Å². The molecule has 1 aliphatic heterocycles. The Morgan fingerprint density at radius 2 is 2.16 bits per heavy atom. The van der Waals surface area contributed by atoms with Crippen LogP contribution in [0.1, 0.15) is 28.8 Å². The molecule has 3 unspecified atom stereocenters. The lowest BCUT2D eigenvalue weighted by atomic mass is 10.00. The highest BCUT2D eigenvalue weighted by Gasteiger charge is 2.43. The molecular weight excluding hydrogens is 240 g/mol. The number of fused-ring (bicyclic) bond motifs is 1. The summed E-state index contributed by atoms with van der Waals surface area (Å²) in [5.74, 6) is 0.789. The van der Waals surface area contributed by atoms with Gasteiger partial charge in [-0.15, -0.1) is 0 Å². The number of nitrogen functional groups attached to an aromatic ring is 1. The third-order valence-electron chi connectivity index (χ3n) is 4.71. The van der Waals surface area contributed by atoms with E-state index in [1.54, 1.807) is 0 Å². The van der Waals surface area contributed by atoms with Gasteiger partial charge in [0.2, 0.25) is 0 Å². The lowest BCUT2D eigenvalue weighted by Gasteiger charge is -2.20. The summed E-state index contributed by atoms with van der Waals surface area (Å²) in [7, 11) is 0. The van der Waals surface area contributed by atoms with E-state index in [2.05, 4.69) is 0 Å². The van der Waals surface area contributed by atoms with E-state index in [0.717, 1.165) is 24.9 Å². The van der Waals surface area contributed by atoms with Gasteiger partial charge in [0, 0.05) is 30.3 Å². The molecule has 3 N–H and O–H groups in total. The number of hydrogen-bond donors (Lipinski definition) is 2. The van der Waals surface area contributed by atoms with Gasteiger partial charge in [-0.25, -0.2) is 0 Å². The number of aliphatic hydroxyl groups is 1. The molecule has 0 aromatic heterocycles. The topological polar surface area (TPSA) is 66.6 Å². The lowest BCUT2D eigenvalue weighted by molar-refractivity contribution is 0.0751. The van der Waals surface area contributed by atoms with Crippen molar-refractivity contribution in [1.29, 1.82) is 0 Å². The Balaban J connectivity index is 1.81. The first-order valence-corrected chi connectivity index (χ1v) is 6.90. The van der Waals surface area contributed by atoms with Gasteiger partial charge in [0.15, 0.2) is 0 Å². The van der Waals surface area contributed by atoms with Gasteiger partial charge < -0.3 is 15.7 Å². The third-order valence-corrected chi connectivity index (χ3v) is 4.71. The monoisotopic (exact) mass is 260 g/mol. The molecule has 1 saturated heterocycles. The van der Waals surface area contributed by atoms with Crippen molar-refractivity contribution in [1.82, 2.24) is 4.90 Å². The largest absolute Gasteiger partial charge is 0.398 e. The first kappa shape index (κ1) is 12.5. The molecule has 4 nitrogen and oxygen atoms in total. The second-order valence-corrected chi connectivity index (χ2v) is 5.80. The molecular formula is C15H20N2O2. The second kappa shape index (κ2) is 4.53. The molecule has 3 rings (SSSR count). The molecule has 0 spiro atoms. The molecule has 1 saturated carbocycles. The van der Waals surface area contributed by atoms with Gasteiger partial charge in [-0.1, -0.05) is 6.07 Å². The number of anilines is 1. The van der Waals surface area contributed by atoms with Crippen molar-refractivity contribution in [3.63, 3.8) is 0 Å². The smallest absolute Gasteiger partial charge is 0.254 e.